The lowest BCUT2D eigenvalue weighted by molar-refractivity contribution is 0.488. The van der Waals surface area contributed by atoms with Crippen molar-refractivity contribution < 1.29 is 4.39 Å². The second-order valence-electron chi connectivity index (χ2n) is 1.15. The van der Waals surface area contributed by atoms with Crippen LogP contribution < -0.4 is 5.73 Å². The maximum atomic E-state index is 11.2. The van der Waals surface area contributed by atoms with Gasteiger partial charge in [-0.1, -0.05) is 6.92 Å². The molecule has 37 valence electrons. The van der Waals surface area contributed by atoms with E-state index < -0.39 is 6.67 Å². The second-order valence-corrected chi connectivity index (χ2v) is 1.15. The fourth-order valence-corrected chi connectivity index (χ4v) is 0.0945. The number of rotatable bonds is 2. The van der Waals surface area contributed by atoms with Crippen molar-refractivity contribution in [3.8, 4) is 0 Å². The molecular weight excluding hydrogens is 81.0 g/mol. The fraction of sp³-hybridized carbons (Fsp3) is 0.750. The molecule has 0 aliphatic heterocycles. The van der Waals surface area contributed by atoms with Gasteiger partial charge in [0.2, 0.25) is 0 Å². The van der Waals surface area contributed by atoms with Crippen LogP contribution in [0.15, 0.2) is 0 Å². The summed E-state index contributed by atoms with van der Waals surface area (Å²) in [6.45, 7) is 1.35. The van der Waals surface area contributed by atoms with Gasteiger partial charge in [0, 0.05) is 0 Å². The predicted octanol–water partition coefficient (Wildman–Crippen LogP) is 0.857. The summed E-state index contributed by atoms with van der Waals surface area (Å²) in [4.78, 5) is 0. The Morgan fingerprint density at radius 1 is 1.83 bits per heavy atom. The van der Waals surface area contributed by atoms with E-state index >= 15 is 0 Å². The molecule has 0 saturated carbocycles. The summed E-state index contributed by atoms with van der Waals surface area (Å²) < 4.78 is 11.2. The summed E-state index contributed by atoms with van der Waals surface area (Å²) >= 11 is 0. The molecule has 0 aromatic carbocycles. The van der Waals surface area contributed by atoms with Crippen molar-refractivity contribution in [2.75, 3.05) is 6.67 Å². The molecule has 0 fully saturated rings. The third-order valence-electron chi connectivity index (χ3n) is 0.626. The van der Waals surface area contributed by atoms with Crippen LogP contribution in [-0.2, 0) is 0 Å². The Morgan fingerprint density at radius 3 is 2.33 bits per heavy atom. The predicted molar refractivity (Wildman–Crippen MR) is 23.7 cm³/mol. The van der Waals surface area contributed by atoms with Crippen molar-refractivity contribution in [2.45, 2.75) is 13.3 Å². The van der Waals surface area contributed by atoms with E-state index in [2.05, 4.69) is 0 Å². The molecule has 0 bridgehead atoms. The summed E-state index contributed by atoms with van der Waals surface area (Å²) in [5.74, 6) is 0. The molecule has 2 N–H and O–H groups in total. The number of hydrogen-bond donors (Lipinski definition) is 1. The zero-order valence-electron chi connectivity index (χ0n) is 3.87. The molecule has 0 heterocycles. The largest absolute Gasteiger partial charge is 0.321 e. The molecule has 0 aromatic rings. The van der Waals surface area contributed by atoms with Gasteiger partial charge in [0.05, 0.1) is 6.04 Å². The molecule has 6 heavy (non-hydrogen) atoms. The smallest absolute Gasteiger partial charge is 0.109 e. The lowest BCUT2D eigenvalue weighted by atomic mass is 10.3. The van der Waals surface area contributed by atoms with Gasteiger partial charge in [-0.15, -0.1) is 0 Å². The molecule has 0 atom stereocenters. The van der Waals surface area contributed by atoms with E-state index in [0.29, 0.717) is 12.5 Å². The van der Waals surface area contributed by atoms with Crippen molar-refractivity contribution >= 4 is 0 Å². The van der Waals surface area contributed by atoms with Crippen molar-refractivity contribution in [3.63, 3.8) is 0 Å². The first-order valence-electron chi connectivity index (χ1n) is 1.97. The first-order valence-corrected chi connectivity index (χ1v) is 1.97. The summed E-state index contributed by atoms with van der Waals surface area (Å²) in [6.07, 6.45) is 0.649. The molecule has 0 unspecified atom stereocenters. The van der Waals surface area contributed by atoms with E-state index in [1.807, 2.05) is 6.92 Å². The number of halogens is 1. The third-order valence-corrected chi connectivity index (χ3v) is 0.626. The Balaban J connectivity index is 2.75. The van der Waals surface area contributed by atoms with Gasteiger partial charge in [-0.25, -0.2) is 4.39 Å². The Bertz CT molecular complexity index is 26.7. The van der Waals surface area contributed by atoms with Gasteiger partial charge in [-0.3, -0.25) is 0 Å². The Hall–Kier alpha value is -0.110. The Morgan fingerprint density at radius 2 is 2.33 bits per heavy atom. The van der Waals surface area contributed by atoms with E-state index in [0.717, 1.165) is 0 Å². The zero-order chi connectivity index (χ0) is 4.99. The van der Waals surface area contributed by atoms with Crippen molar-refractivity contribution in [1.29, 1.82) is 0 Å². The van der Waals surface area contributed by atoms with Gasteiger partial charge in [0.15, 0.2) is 0 Å². The van der Waals surface area contributed by atoms with E-state index in [-0.39, 0.29) is 0 Å². The highest BCUT2D eigenvalue weighted by atomic mass is 19.1. The van der Waals surface area contributed by atoms with Crippen LogP contribution in [-0.4, -0.2) is 6.67 Å². The molecule has 2 heteroatoms. The van der Waals surface area contributed by atoms with E-state index in [4.69, 9.17) is 5.73 Å². The maximum Gasteiger partial charge on any atom is 0.109 e. The molecule has 0 spiro atoms. The SMILES string of the molecule is CC[C](N)CF. The average molecular weight is 90.1 g/mol. The van der Waals surface area contributed by atoms with E-state index in [1.165, 1.54) is 0 Å². The molecule has 0 amide bonds. The fourth-order valence-electron chi connectivity index (χ4n) is 0.0945. The van der Waals surface area contributed by atoms with Gasteiger partial charge in [0.25, 0.3) is 0 Å². The monoisotopic (exact) mass is 90.1 g/mol. The lowest BCUT2D eigenvalue weighted by Crippen LogP contribution is -2.09. The topological polar surface area (TPSA) is 26.0 Å². The Labute approximate surface area is 37.3 Å². The number of nitrogens with two attached hydrogens (primary N) is 1. The molecular formula is C4H9FN. The molecule has 1 radical (unpaired) electrons. The van der Waals surface area contributed by atoms with Gasteiger partial charge < -0.3 is 5.73 Å². The van der Waals surface area contributed by atoms with Crippen LogP contribution in [0.5, 0.6) is 0 Å². The molecule has 0 aliphatic carbocycles. The normalized spacial score (nSPS) is 10.0. The molecule has 0 saturated heterocycles. The van der Waals surface area contributed by atoms with Gasteiger partial charge in [-0.05, 0) is 6.42 Å². The van der Waals surface area contributed by atoms with Crippen LogP contribution in [0.4, 0.5) is 4.39 Å². The van der Waals surface area contributed by atoms with E-state index in [9.17, 15) is 4.39 Å². The minimum atomic E-state index is -0.476. The van der Waals surface area contributed by atoms with Crippen molar-refractivity contribution in [1.82, 2.24) is 0 Å². The summed E-state index contributed by atoms with van der Waals surface area (Å²) in [7, 11) is 0. The minimum absolute atomic E-state index is 0.426. The van der Waals surface area contributed by atoms with Crippen LogP contribution in [0.25, 0.3) is 0 Å². The molecule has 0 aliphatic rings. The lowest BCUT2D eigenvalue weighted by Gasteiger charge is -1.95. The molecule has 0 rings (SSSR count). The van der Waals surface area contributed by atoms with Crippen molar-refractivity contribution in [2.24, 2.45) is 5.73 Å². The van der Waals surface area contributed by atoms with Crippen LogP contribution in [0.1, 0.15) is 13.3 Å². The zero-order valence-corrected chi connectivity index (χ0v) is 3.87. The van der Waals surface area contributed by atoms with Gasteiger partial charge in [0.1, 0.15) is 6.67 Å². The third kappa shape index (κ3) is 2.15. The summed E-state index contributed by atoms with van der Waals surface area (Å²) in [6, 6.07) is 0.426. The van der Waals surface area contributed by atoms with Crippen LogP contribution in [0.3, 0.4) is 0 Å². The van der Waals surface area contributed by atoms with Crippen LogP contribution in [0.2, 0.25) is 0 Å². The summed E-state index contributed by atoms with van der Waals surface area (Å²) in [5.41, 5.74) is 5.01. The van der Waals surface area contributed by atoms with E-state index in [1.54, 1.807) is 0 Å². The second kappa shape index (κ2) is 3.09. The molecule has 1 nitrogen and oxygen atoms in total. The van der Waals surface area contributed by atoms with Crippen molar-refractivity contribution in [3.05, 3.63) is 6.04 Å². The number of alkyl halides is 1. The maximum absolute atomic E-state index is 11.2. The summed E-state index contributed by atoms with van der Waals surface area (Å²) in [5, 5.41) is 0. The molecule has 0 aromatic heterocycles. The highest BCUT2D eigenvalue weighted by Gasteiger charge is 1.93. The average Bonchev–Trinajstić information content (AvgIpc) is 1.65. The quantitative estimate of drug-likeness (QED) is 0.534. The standard InChI is InChI=1S/C4H9FN/c1-2-4(6)3-5/h2-3,6H2,1H3. The highest BCUT2D eigenvalue weighted by molar-refractivity contribution is 4.77. The number of hydrogen-bond acceptors (Lipinski definition) is 1. The van der Waals surface area contributed by atoms with Gasteiger partial charge in [-0.2, -0.15) is 0 Å². The first kappa shape index (κ1) is 5.89. The Kier molecular flexibility index (Phi) is 3.04. The highest BCUT2D eigenvalue weighted by Crippen LogP contribution is 1.93. The first-order chi connectivity index (χ1) is 2.81. The van der Waals surface area contributed by atoms with Gasteiger partial charge >= 0.3 is 0 Å². The minimum Gasteiger partial charge on any atom is -0.321 e. The van der Waals surface area contributed by atoms with Crippen LogP contribution in [0, 0.1) is 6.04 Å². The van der Waals surface area contributed by atoms with Crippen LogP contribution >= 0.6 is 0 Å².